The maximum Gasteiger partial charge on any atom is 0.292 e. The van der Waals surface area contributed by atoms with Gasteiger partial charge in [0.15, 0.2) is 0 Å². The molecule has 30 heavy (non-hydrogen) atoms. The Kier molecular flexibility index (Phi) is 7.75. The summed E-state index contributed by atoms with van der Waals surface area (Å²) in [6, 6.07) is 14.7. The maximum atomic E-state index is 12.2. The summed E-state index contributed by atoms with van der Waals surface area (Å²) in [6.45, 7) is 6.84. The van der Waals surface area contributed by atoms with E-state index in [4.69, 9.17) is 5.73 Å². The molecule has 1 fully saturated rings. The fourth-order valence-electron chi connectivity index (χ4n) is 3.62. The van der Waals surface area contributed by atoms with Gasteiger partial charge < -0.3 is 16.0 Å². The number of piperazine rings is 1. The molecule has 8 heteroatoms. The number of hydrogen-bond acceptors (Lipinski definition) is 6. The Bertz CT molecular complexity index is 851. The minimum Gasteiger partial charge on any atom is -0.393 e. The molecule has 8 nitrogen and oxygen atoms in total. The number of benzene rings is 2. The van der Waals surface area contributed by atoms with Gasteiger partial charge in [-0.3, -0.25) is 19.8 Å². The van der Waals surface area contributed by atoms with Crippen LogP contribution >= 0.6 is 0 Å². The number of nitro groups is 1. The van der Waals surface area contributed by atoms with Crippen molar-refractivity contribution in [1.82, 2.24) is 15.1 Å². The summed E-state index contributed by atoms with van der Waals surface area (Å²) in [5, 5.41) is 13.8. The van der Waals surface area contributed by atoms with Crippen molar-refractivity contribution in [3.8, 4) is 0 Å². The first kappa shape index (κ1) is 21.7. The summed E-state index contributed by atoms with van der Waals surface area (Å²) in [5.74, 6) is -0.312. The van der Waals surface area contributed by atoms with Crippen molar-refractivity contribution < 1.29 is 9.72 Å². The second-order valence-electron chi connectivity index (χ2n) is 7.60. The zero-order valence-corrected chi connectivity index (χ0v) is 17.1. The fraction of sp³-hybridized carbons (Fsp3) is 0.409. The van der Waals surface area contributed by atoms with Gasteiger partial charge in [0, 0.05) is 50.9 Å². The molecule has 2 aromatic rings. The second-order valence-corrected chi connectivity index (χ2v) is 7.60. The number of rotatable bonds is 9. The zero-order chi connectivity index (χ0) is 21.3. The van der Waals surface area contributed by atoms with Crippen molar-refractivity contribution in [2.24, 2.45) is 0 Å². The minimum atomic E-state index is -0.578. The molecule has 0 spiro atoms. The predicted molar refractivity (Wildman–Crippen MR) is 117 cm³/mol. The Hall–Kier alpha value is -2.97. The van der Waals surface area contributed by atoms with Crippen molar-refractivity contribution in [3.63, 3.8) is 0 Å². The number of nitrogens with one attached hydrogen (secondary N) is 1. The Morgan fingerprint density at radius 1 is 1.03 bits per heavy atom. The van der Waals surface area contributed by atoms with Crippen LogP contribution in [0.25, 0.3) is 0 Å². The van der Waals surface area contributed by atoms with Crippen LogP contribution in [0.4, 0.5) is 11.4 Å². The van der Waals surface area contributed by atoms with E-state index < -0.39 is 4.92 Å². The van der Waals surface area contributed by atoms with Crippen LogP contribution in [-0.4, -0.2) is 59.9 Å². The highest BCUT2D eigenvalue weighted by Crippen LogP contribution is 2.22. The lowest BCUT2D eigenvalue weighted by atomic mass is 10.1. The van der Waals surface area contributed by atoms with E-state index in [9.17, 15) is 14.9 Å². The molecule has 0 unspecified atom stereocenters. The van der Waals surface area contributed by atoms with E-state index in [0.29, 0.717) is 6.54 Å². The van der Waals surface area contributed by atoms with Gasteiger partial charge in [-0.25, -0.2) is 0 Å². The molecule has 0 aliphatic carbocycles. The third kappa shape index (κ3) is 6.27. The average Bonchev–Trinajstić information content (AvgIpc) is 2.75. The molecule has 0 atom stereocenters. The molecular formula is C22H29N5O3. The zero-order valence-electron chi connectivity index (χ0n) is 17.1. The number of carbonyl (C=O) groups is 1. The largest absolute Gasteiger partial charge is 0.393 e. The topological polar surface area (TPSA) is 105 Å². The molecule has 1 heterocycles. The van der Waals surface area contributed by atoms with Crippen LogP contribution in [0.5, 0.6) is 0 Å². The van der Waals surface area contributed by atoms with Gasteiger partial charge in [-0.2, -0.15) is 0 Å². The number of amides is 1. The molecule has 3 rings (SSSR count). The first-order valence-corrected chi connectivity index (χ1v) is 10.3. The van der Waals surface area contributed by atoms with Crippen LogP contribution in [-0.2, 0) is 6.54 Å². The van der Waals surface area contributed by atoms with Crippen molar-refractivity contribution in [2.75, 3.05) is 45.0 Å². The number of nitrogens with two attached hydrogens (primary N) is 1. The van der Waals surface area contributed by atoms with E-state index >= 15 is 0 Å². The van der Waals surface area contributed by atoms with Crippen molar-refractivity contribution in [3.05, 3.63) is 69.8 Å². The lowest BCUT2D eigenvalue weighted by molar-refractivity contribution is -0.383. The summed E-state index contributed by atoms with van der Waals surface area (Å²) in [4.78, 5) is 27.5. The minimum absolute atomic E-state index is 0.0559. The van der Waals surface area contributed by atoms with Crippen molar-refractivity contribution >= 4 is 17.3 Å². The van der Waals surface area contributed by atoms with Crippen LogP contribution < -0.4 is 11.1 Å². The molecule has 3 N–H and O–H groups in total. The number of nitro benzene ring substituents is 1. The van der Waals surface area contributed by atoms with Gasteiger partial charge in [0.1, 0.15) is 5.69 Å². The second kappa shape index (κ2) is 10.7. The molecule has 0 aromatic heterocycles. The van der Waals surface area contributed by atoms with Gasteiger partial charge in [0.2, 0.25) is 0 Å². The van der Waals surface area contributed by atoms with Gasteiger partial charge in [-0.1, -0.05) is 30.3 Å². The monoisotopic (exact) mass is 411 g/mol. The molecule has 2 aromatic carbocycles. The molecule has 0 bridgehead atoms. The first-order chi connectivity index (χ1) is 14.5. The van der Waals surface area contributed by atoms with Crippen LogP contribution in [0.2, 0.25) is 0 Å². The van der Waals surface area contributed by atoms with Gasteiger partial charge in [-0.05, 0) is 37.1 Å². The van der Waals surface area contributed by atoms with E-state index in [2.05, 4.69) is 39.4 Å². The third-order valence-electron chi connectivity index (χ3n) is 5.39. The fourth-order valence-corrected chi connectivity index (χ4v) is 3.62. The number of unbranched alkanes of at least 4 members (excludes halogenated alkanes) is 1. The molecule has 1 saturated heterocycles. The van der Waals surface area contributed by atoms with Gasteiger partial charge in [0.05, 0.1) is 4.92 Å². The van der Waals surface area contributed by atoms with E-state index in [1.165, 1.54) is 23.8 Å². The standard InChI is InChI=1S/C22H29N5O3/c23-20-9-8-19(16-21(20)27(29)30)22(28)24-10-4-5-11-25-12-14-26(15-13-25)17-18-6-2-1-3-7-18/h1-3,6-9,16H,4-5,10-15,17,23H2,(H,24,28). The number of nitrogen functional groups attached to an aromatic ring is 1. The summed E-state index contributed by atoms with van der Waals surface area (Å²) in [5.41, 5.74) is 6.99. The number of nitrogens with zero attached hydrogens (tertiary/aromatic N) is 3. The number of anilines is 1. The Morgan fingerprint density at radius 3 is 2.43 bits per heavy atom. The molecule has 1 aliphatic rings. The number of hydrogen-bond donors (Lipinski definition) is 2. The maximum absolute atomic E-state index is 12.2. The van der Waals surface area contributed by atoms with Crippen LogP contribution in [0.3, 0.4) is 0 Å². The van der Waals surface area contributed by atoms with Crippen LogP contribution in [0.15, 0.2) is 48.5 Å². The van der Waals surface area contributed by atoms with Gasteiger partial charge >= 0.3 is 0 Å². The first-order valence-electron chi connectivity index (χ1n) is 10.3. The van der Waals surface area contributed by atoms with E-state index in [-0.39, 0.29) is 22.8 Å². The molecule has 160 valence electrons. The Morgan fingerprint density at radius 2 is 1.73 bits per heavy atom. The summed E-state index contributed by atoms with van der Waals surface area (Å²) < 4.78 is 0. The lowest BCUT2D eigenvalue weighted by Gasteiger charge is -2.34. The lowest BCUT2D eigenvalue weighted by Crippen LogP contribution is -2.46. The summed E-state index contributed by atoms with van der Waals surface area (Å²) in [7, 11) is 0. The highest BCUT2D eigenvalue weighted by atomic mass is 16.6. The Labute approximate surface area is 176 Å². The molecule has 0 saturated carbocycles. The van der Waals surface area contributed by atoms with E-state index in [1.54, 1.807) is 0 Å². The summed E-state index contributed by atoms with van der Waals surface area (Å²) in [6.07, 6.45) is 1.87. The third-order valence-corrected chi connectivity index (χ3v) is 5.39. The van der Waals surface area contributed by atoms with E-state index in [0.717, 1.165) is 52.1 Å². The van der Waals surface area contributed by atoms with Crippen LogP contribution in [0, 0.1) is 10.1 Å². The summed E-state index contributed by atoms with van der Waals surface area (Å²) >= 11 is 0. The van der Waals surface area contributed by atoms with E-state index in [1.807, 2.05) is 6.07 Å². The smallest absolute Gasteiger partial charge is 0.292 e. The average molecular weight is 412 g/mol. The predicted octanol–water partition coefficient (Wildman–Crippen LogP) is 2.50. The van der Waals surface area contributed by atoms with Gasteiger partial charge in [0.25, 0.3) is 11.6 Å². The SMILES string of the molecule is Nc1ccc(C(=O)NCCCCN2CCN(Cc3ccccc3)CC2)cc1[N+](=O)[O-]. The Balaban J connectivity index is 1.31. The molecule has 1 amide bonds. The molecule has 0 radical (unpaired) electrons. The van der Waals surface area contributed by atoms with Crippen molar-refractivity contribution in [2.45, 2.75) is 19.4 Å². The molecular weight excluding hydrogens is 382 g/mol. The van der Waals surface area contributed by atoms with Crippen molar-refractivity contribution in [1.29, 1.82) is 0 Å². The highest BCUT2D eigenvalue weighted by molar-refractivity contribution is 5.95. The quantitative estimate of drug-likeness (QED) is 0.284. The highest BCUT2D eigenvalue weighted by Gasteiger charge is 2.17. The van der Waals surface area contributed by atoms with Gasteiger partial charge in [-0.15, -0.1) is 0 Å². The van der Waals surface area contributed by atoms with Crippen LogP contribution in [0.1, 0.15) is 28.8 Å². The normalized spacial score (nSPS) is 15.1. The number of carbonyl (C=O) groups excluding carboxylic acids is 1. The molecule has 1 aliphatic heterocycles.